The largest absolute Gasteiger partial charge is 0.494 e. The van der Waals surface area contributed by atoms with Crippen LogP contribution in [-0.4, -0.2) is 101 Å². The molecule has 61 heavy (non-hydrogen) atoms. The molecule has 3 aliphatic heterocycles. The van der Waals surface area contributed by atoms with Crippen molar-refractivity contribution in [2.45, 2.75) is 60.4 Å². The third kappa shape index (κ3) is 6.67. The van der Waals surface area contributed by atoms with Gasteiger partial charge in [0.05, 0.1) is 42.6 Å². The van der Waals surface area contributed by atoms with Crippen LogP contribution >= 0.6 is 0 Å². The van der Waals surface area contributed by atoms with Gasteiger partial charge < -0.3 is 30.1 Å². The third-order valence-corrected chi connectivity index (χ3v) is 11.8. The second kappa shape index (κ2) is 15.3. The molecule has 0 spiro atoms. The highest BCUT2D eigenvalue weighted by molar-refractivity contribution is 6.06. The van der Waals surface area contributed by atoms with Crippen molar-refractivity contribution in [3.05, 3.63) is 76.1 Å². The Balaban J connectivity index is 1.27. The molecule has 0 saturated carbocycles. The van der Waals surface area contributed by atoms with E-state index in [0.29, 0.717) is 76.5 Å². The zero-order valence-corrected chi connectivity index (χ0v) is 34.6. The molecule has 0 aliphatic carbocycles. The van der Waals surface area contributed by atoms with Gasteiger partial charge in [-0.3, -0.25) is 39.4 Å². The number of rotatable bonds is 7. The number of methoxy groups -OCH3 is 1. The third-order valence-electron chi connectivity index (χ3n) is 11.8. The van der Waals surface area contributed by atoms with E-state index >= 15 is 0 Å². The first kappa shape index (κ1) is 39.5. The maximum Gasteiger partial charge on any atom is 0.331 e. The van der Waals surface area contributed by atoms with E-state index in [2.05, 4.69) is 15.5 Å². The van der Waals surface area contributed by atoms with E-state index < -0.39 is 23.6 Å². The highest BCUT2D eigenvalue weighted by Crippen LogP contribution is 2.34. The van der Waals surface area contributed by atoms with Gasteiger partial charge in [0.2, 0.25) is 23.7 Å². The number of aryl methyl sites for hydroxylation is 4. The average molecular weight is 832 g/mol. The monoisotopic (exact) mass is 831 g/mol. The number of hydrogen-bond acceptors (Lipinski definition) is 11. The summed E-state index contributed by atoms with van der Waals surface area (Å²) < 4.78 is 20.0. The van der Waals surface area contributed by atoms with E-state index in [4.69, 9.17) is 41.1 Å². The van der Waals surface area contributed by atoms with Crippen LogP contribution in [0.4, 0.5) is 11.9 Å². The number of primary amides is 2. The second-order valence-corrected chi connectivity index (χ2v) is 15.6. The standard InChI is InChI=1S/C41H46N14O6/c1-6-53-34-31(21(3)48-53)55-22(4)49-54(7-2)39(55)38(59)47-41-45-29-14-24(36(43)57)15-30(60-5)33(29)52(41)11-9-8-10-51-32-25(16-50-17-26-19-61-20-27(26)18-50)12-23(35(42)56)13-28(32)44-40(51)46-37(34)58/h8-9,12-15,26-27H,6-7,10-11,16-20H2,1-5H3,(H5-,42,43,44,45,46,47,56,57,58,59)/p+1/b9-8+/t26-,27+. The maximum atomic E-state index is 14.8. The number of nitrogens with two attached hydrogens (primary N) is 2. The summed E-state index contributed by atoms with van der Waals surface area (Å²) in [6, 6.07) is 6.56. The second-order valence-electron chi connectivity index (χ2n) is 15.6. The van der Waals surface area contributed by atoms with Crippen molar-refractivity contribution in [3.8, 4) is 11.4 Å². The number of amides is 4. The van der Waals surface area contributed by atoms with Crippen molar-refractivity contribution >= 4 is 57.6 Å². The number of aromatic nitrogens is 9. The molecule has 4 amide bonds. The molecule has 3 aliphatic rings. The Labute approximate surface area is 349 Å². The van der Waals surface area contributed by atoms with Gasteiger partial charge in [0.15, 0.2) is 11.4 Å². The van der Waals surface area contributed by atoms with Crippen molar-refractivity contribution in [1.29, 1.82) is 0 Å². The summed E-state index contributed by atoms with van der Waals surface area (Å²) in [4.78, 5) is 66.6. The van der Waals surface area contributed by atoms with Crippen LogP contribution in [0, 0.1) is 25.7 Å². The molecule has 316 valence electrons. The van der Waals surface area contributed by atoms with Crippen LogP contribution < -0.4 is 31.4 Å². The van der Waals surface area contributed by atoms with Crippen molar-refractivity contribution in [2.75, 3.05) is 44.0 Å². The molecule has 9 rings (SSSR count). The normalized spacial score (nSPS) is 18.6. The molecule has 0 radical (unpaired) electrons. The van der Waals surface area contributed by atoms with E-state index in [-0.39, 0.29) is 42.1 Å². The smallest absolute Gasteiger partial charge is 0.331 e. The van der Waals surface area contributed by atoms with Crippen LogP contribution in [-0.2, 0) is 37.5 Å². The Morgan fingerprint density at radius 2 is 1.43 bits per heavy atom. The maximum absolute atomic E-state index is 14.8. The van der Waals surface area contributed by atoms with Gasteiger partial charge in [0.25, 0.3) is 11.7 Å². The first-order valence-corrected chi connectivity index (χ1v) is 20.2. The lowest BCUT2D eigenvalue weighted by molar-refractivity contribution is -0.606. The molecule has 0 unspecified atom stereocenters. The fraction of sp³-hybridized carbons (Fsp3) is 0.390. The quantitative estimate of drug-likeness (QED) is 0.134. The number of nitrogens with zero attached hydrogens (tertiary/aromatic N) is 10. The van der Waals surface area contributed by atoms with Gasteiger partial charge in [-0.2, -0.15) is 9.67 Å². The lowest BCUT2D eigenvalue weighted by Crippen LogP contribution is -2.44. The number of fused-ring (bicyclic) bond motifs is 10. The van der Waals surface area contributed by atoms with Crippen LogP contribution in [0.3, 0.4) is 0 Å². The Morgan fingerprint density at radius 1 is 0.836 bits per heavy atom. The molecule has 2 saturated heterocycles. The average Bonchev–Trinajstić information content (AvgIpc) is 4.07. The molecule has 2 aromatic carbocycles. The minimum atomic E-state index is -0.664. The summed E-state index contributed by atoms with van der Waals surface area (Å²) in [5, 5.41) is 15.5. The van der Waals surface area contributed by atoms with Gasteiger partial charge in [0, 0.05) is 74.3 Å². The predicted octanol–water partition coefficient (Wildman–Crippen LogP) is 2.07. The summed E-state index contributed by atoms with van der Waals surface area (Å²) in [5.41, 5.74) is 16.0. The Bertz CT molecular complexity index is 2830. The Morgan fingerprint density at radius 3 is 2.03 bits per heavy atom. The molecule has 0 bridgehead atoms. The minimum Gasteiger partial charge on any atom is -0.494 e. The van der Waals surface area contributed by atoms with E-state index in [0.717, 1.165) is 37.4 Å². The first-order valence-electron chi connectivity index (χ1n) is 20.2. The van der Waals surface area contributed by atoms with Gasteiger partial charge >= 0.3 is 11.7 Å². The first-order chi connectivity index (χ1) is 29.4. The van der Waals surface area contributed by atoms with Crippen molar-refractivity contribution in [1.82, 2.24) is 43.6 Å². The number of anilines is 2. The minimum absolute atomic E-state index is 0.118. The van der Waals surface area contributed by atoms with Crippen LogP contribution in [0.2, 0.25) is 0 Å². The molecule has 2 fully saturated rings. The highest BCUT2D eigenvalue weighted by atomic mass is 16.5. The number of nitrogens with one attached hydrogen (secondary N) is 2. The number of carbonyl (C=O) groups excluding carboxylic acids is 4. The fourth-order valence-corrected chi connectivity index (χ4v) is 9.06. The molecule has 20 heteroatoms. The van der Waals surface area contributed by atoms with E-state index in [1.54, 1.807) is 50.5 Å². The van der Waals surface area contributed by atoms with Gasteiger partial charge in [-0.25, -0.2) is 9.97 Å². The highest BCUT2D eigenvalue weighted by Gasteiger charge is 2.39. The lowest BCUT2D eigenvalue weighted by Gasteiger charge is -2.19. The lowest BCUT2D eigenvalue weighted by atomic mass is 10.0. The number of allylic oxidation sites excluding steroid dienone is 2. The number of hydrogen-bond donors (Lipinski definition) is 4. The van der Waals surface area contributed by atoms with Gasteiger partial charge in [-0.1, -0.05) is 12.2 Å². The molecular formula is C41H47N14O6+. The molecule has 2 atom stereocenters. The summed E-state index contributed by atoms with van der Waals surface area (Å²) in [6.07, 6.45) is 3.82. The Hall–Kier alpha value is -6.93. The topological polar surface area (TPSA) is 241 Å². The van der Waals surface area contributed by atoms with Crippen molar-refractivity contribution < 1.29 is 33.2 Å². The molecule has 20 nitrogen and oxygen atoms in total. The van der Waals surface area contributed by atoms with E-state index in [1.165, 1.54) is 7.11 Å². The van der Waals surface area contributed by atoms with E-state index in [1.807, 2.05) is 36.6 Å². The van der Waals surface area contributed by atoms with Gasteiger partial charge in [-0.15, -0.1) is 4.68 Å². The number of imidazole rings is 2. The summed E-state index contributed by atoms with van der Waals surface area (Å²) in [6.45, 7) is 12.0. The predicted molar refractivity (Wildman–Crippen MR) is 222 cm³/mol. The molecule has 6 N–H and O–H groups in total. The molecule has 4 aromatic heterocycles. The van der Waals surface area contributed by atoms with Crippen LogP contribution in [0.5, 0.6) is 5.75 Å². The van der Waals surface area contributed by atoms with E-state index in [9.17, 15) is 19.2 Å². The number of ether oxygens (including phenoxy) is 2. The zero-order chi connectivity index (χ0) is 42.9. The van der Waals surface area contributed by atoms with Crippen LogP contribution in [0.15, 0.2) is 36.4 Å². The summed E-state index contributed by atoms with van der Waals surface area (Å²) in [7, 11) is 1.48. The van der Waals surface area contributed by atoms with Crippen LogP contribution in [0.1, 0.15) is 72.8 Å². The number of carbonyl (C=O) groups is 4. The molecule has 7 heterocycles. The SMILES string of the molecule is CCn1nc(C)c2c1C(=O)Nc1nc3cc(C(N)=O)cc(CN4C[C@H]5COC[C@H]5C4)c3n1C/C=C/Cn1c(nc3cc(C(N)=O)cc(OC)c31)NC(=O)c1n(CC)nc(C)[n+]1-2. The van der Waals surface area contributed by atoms with Gasteiger partial charge in [-0.05, 0) is 50.6 Å². The summed E-state index contributed by atoms with van der Waals surface area (Å²) in [5.74, 6) is -0.182. The fourth-order valence-electron chi connectivity index (χ4n) is 9.06. The van der Waals surface area contributed by atoms with Crippen molar-refractivity contribution in [2.24, 2.45) is 23.3 Å². The number of benzene rings is 2. The summed E-state index contributed by atoms with van der Waals surface area (Å²) >= 11 is 0. The van der Waals surface area contributed by atoms with Gasteiger partial charge in [0.1, 0.15) is 17.8 Å². The number of likely N-dealkylation sites (tertiary alicyclic amines) is 1. The molecular weight excluding hydrogens is 785 g/mol. The molecule has 6 aromatic rings. The van der Waals surface area contributed by atoms with Crippen LogP contribution in [0.25, 0.3) is 27.8 Å². The zero-order valence-electron chi connectivity index (χ0n) is 34.6. The van der Waals surface area contributed by atoms with Crippen molar-refractivity contribution in [3.63, 3.8) is 0 Å². The Kier molecular flexibility index (Phi) is 9.89.